The maximum Gasteiger partial charge on any atom is 0.417 e. The lowest BCUT2D eigenvalue weighted by molar-refractivity contribution is -0.137. The Hall–Kier alpha value is -3.27. The molecule has 4 rings (SSSR count). The van der Waals surface area contributed by atoms with E-state index in [9.17, 15) is 18.3 Å². The number of aliphatic hydroxyl groups is 2. The standard InChI is InChI=1S/C22H16ClF3N4O2/c23-17-8-14(18(32)11-31)9-29-20(17)13-1-3-16-12(7-13)5-6-27-21(16)30-19-4-2-15(10-28-19)22(24,25)26/h1-10,18,31-32H,11H2,(H,27,28,30). The Morgan fingerprint density at radius 3 is 2.47 bits per heavy atom. The zero-order chi connectivity index (χ0) is 22.9. The fourth-order valence-corrected chi connectivity index (χ4v) is 3.42. The van der Waals surface area contributed by atoms with Gasteiger partial charge in [0.05, 0.1) is 22.9 Å². The van der Waals surface area contributed by atoms with Crippen LogP contribution in [0, 0.1) is 0 Å². The second-order valence-electron chi connectivity index (χ2n) is 6.95. The highest BCUT2D eigenvalue weighted by Crippen LogP contribution is 2.33. The first-order chi connectivity index (χ1) is 15.3. The van der Waals surface area contributed by atoms with Crippen LogP contribution in [0.15, 0.2) is 61.1 Å². The molecule has 10 heteroatoms. The lowest BCUT2D eigenvalue weighted by Crippen LogP contribution is -2.06. The largest absolute Gasteiger partial charge is 0.417 e. The second kappa shape index (κ2) is 8.70. The number of aliphatic hydroxyl groups excluding tert-OH is 2. The van der Waals surface area contributed by atoms with E-state index in [2.05, 4.69) is 20.3 Å². The summed E-state index contributed by atoms with van der Waals surface area (Å²) in [7, 11) is 0. The smallest absolute Gasteiger partial charge is 0.393 e. The van der Waals surface area contributed by atoms with E-state index in [0.29, 0.717) is 22.1 Å². The average molecular weight is 461 g/mol. The number of nitrogens with one attached hydrogen (secondary N) is 1. The van der Waals surface area contributed by atoms with Crippen LogP contribution in [-0.2, 0) is 6.18 Å². The molecule has 0 amide bonds. The van der Waals surface area contributed by atoms with Crippen LogP contribution in [0.2, 0.25) is 5.02 Å². The Morgan fingerprint density at radius 1 is 1.00 bits per heavy atom. The number of anilines is 2. The summed E-state index contributed by atoms with van der Waals surface area (Å²) in [5.74, 6) is 0.659. The predicted molar refractivity (Wildman–Crippen MR) is 115 cm³/mol. The molecular formula is C22H16ClF3N4O2. The maximum atomic E-state index is 12.7. The van der Waals surface area contributed by atoms with Gasteiger partial charge in [0.25, 0.3) is 0 Å². The van der Waals surface area contributed by atoms with Gasteiger partial charge < -0.3 is 15.5 Å². The molecule has 0 spiro atoms. The van der Waals surface area contributed by atoms with Gasteiger partial charge in [0.15, 0.2) is 0 Å². The second-order valence-corrected chi connectivity index (χ2v) is 7.36. The first-order valence-corrected chi connectivity index (χ1v) is 9.78. The number of pyridine rings is 3. The van der Waals surface area contributed by atoms with Crippen molar-refractivity contribution in [3.05, 3.63) is 77.2 Å². The van der Waals surface area contributed by atoms with Crippen molar-refractivity contribution in [1.29, 1.82) is 0 Å². The molecule has 6 nitrogen and oxygen atoms in total. The van der Waals surface area contributed by atoms with E-state index < -0.39 is 24.5 Å². The molecule has 0 aliphatic rings. The Bertz CT molecular complexity index is 1270. The van der Waals surface area contributed by atoms with Crippen molar-refractivity contribution in [2.75, 3.05) is 11.9 Å². The van der Waals surface area contributed by atoms with Crippen molar-refractivity contribution in [3.63, 3.8) is 0 Å². The number of hydrogen-bond donors (Lipinski definition) is 3. The molecule has 1 unspecified atom stereocenters. The van der Waals surface area contributed by atoms with Gasteiger partial charge in [0.1, 0.15) is 17.7 Å². The monoisotopic (exact) mass is 460 g/mol. The lowest BCUT2D eigenvalue weighted by Gasteiger charge is -2.12. The van der Waals surface area contributed by atoms with Gasteiger partial charge in [-0.1, -0.05) is 17.7 Å². The highest BCUT2D eigenvalue weighted by Gasteiger charge is 2.30. The van der Waals surface area contributed by atoms with Gasteiger partial charge in [0.2, 0.25) is 0 Å². The van der Waals surface area contributed by atoms with Crippen LogP contribution < -0.4 is 5.32 Å². The molecule has 0 aliphatic carbocycles. The van der Waals surface area contributed by atoms with Gasteiger partial charge >= 0.3 is 6.18 Å². The van der Waals surface area contributed by atoms with Crippen LogP contribution in [0.4, 0.5) is 24.8 Å². The number of nitrogens with zero attached hydrogens (tertiary/aromatic N) is 3. The Kier molecular flexibility index (Phi) is 5.96. The van der Waals surface area contributed by atoms with Crippen LogP contribution in [-0.4, -0.2) is 31.8 Å². The maximum absolute atomic E-state index is 12.7. The van der Waals surface area contributed by atoms with Crippen LogP contribution in [0.1, 0.15) is 17.2 Å². The molecule has 0 aliphatic heterocycles. The summed E-state index contributed by atoms with van der Waals surface area (Å²) in [5, 5.41) is 23.6. The van der Waals surface area contributed by atoms with Gasteiger partial charge in [-0.2, -0.15) is 13.2 Å². The minimum atomic E-state index is -4.46. The van der Waals surface area contributed by atoms with Gasteiger partial charge in [-0.15, -0.1) is 0 Å². The number of hydrogen-bond acceptors (Lipinski definition) is 6. The number of halogens is 4. The molecule has 4 aromatic rings. The molecule has 3 aromatic heterocycles. The fraction of sp³-hybridized carbons (Fsp3) is 0.136. The summed E-state index contributed by atoms with van der Waals surface area (Å²) in [6.45, 7) is -0.441. The van der Waals surface area contributed by atoms with Gasteiger partial charge in [-0.25, -0.2) is 9.97 Å². The predicted octanol–water partition coefficient (Wildman–Crippen LogP) is 5.13. The van der Waals surface area contributed by atoms with E-state index in [4.69, 9.17) is 16.7 Å². The molecule has 1 atom stereocenters. The quantitative estimate of drug-likeness (QED) is 0.382. The normalized spacial score (nSPS) is 12.7. The van der Waals surface area contributed by atoms with E-state index in [-0.39, 0.29) is 5.82 Å². The summed E-state index contributed by atoms with van der Waals surface area (Å²) in [6, 6.07) is 10.9. The molecular weight excluding hydrogens is 445 g/mol. The van der Waals surface area contributed by atoms with Crippen LogP contribution in [0.25, 0.3) is 22.0 Å². The van der Waals surface area contributed by atoms with Crippen LogP contribution in [0.5, 0.6) is 0 Å². The number of aromatic nitrogens is 3. The van der Waals surface area contributed by atoms with Gasteiger partial charge in [-0.3, -0.25) is 4.98 Å². The highest BCUT2D eigenvalue weighted by molar-refractivity contribution is 6.33. The SMILES string of the molecule is OCC(O)c1cnc(-c2ccc3c(Nc4ccc(C(F)(F)F)cn4)nccc3c2)c(Cl)c1. The van der Waals surface area contributed by atoms with E-state index in [1.54, 1.807) is 30.5 Å². The molecule has 32 heavy (non-hydrogen) atoms. The zero-order valence-electron chi connectivity index (χ0n) is 16.3. The van der Waals surface area contributed by atoms with Crippen molar-refractivity contribution in [2.24, 2.45) is 0 Å². The van der Waals surface area contributed by atoms with E-state index in [0.717, 1.165) is 28.6 Å². The molecule has 0 bridgehead atoms. The highest BCUT2D eigenvalue weighted by atomic mass is 35.5. The topological polar surface area (TPSA) is 91.2 Å². The number of benzene rings is 1. The number of rotatable bonds is 5. The third-order valence-corrected chi connectivity index (χ3v) is 5.08. The van der Waals surface area contributed by atoms with Gasteiger partial charge in [-0.05, 0) is 41.8 Å². The Morgan fingerprint density at radius 2 is 1.81 bits per heavy atom. The lowest BCUT2D eigenvalue weighted by atomic mass is 10.0. The molecule has 164 valence electrons. The number of alkyl halides is 3. The first-order valence-electron chi connectivity index (χ1n) is 9.40. The Balaban J connectivity index is 1.64. The van der Waals surface area contributed by atoms with E-state index in [1.165, 1.54) is 12.3 Å². The number of fused-ring (bicyclic) bond motifs is 1. The first kappa shape index (κ1) is 21.9. The van der Waals surface area contributed by atoms with Gasteiger partial charge in [0, 0.05) is 35.1 Å². The summed E-state index contributed by atoms with van der Waals surface area (Å²) >= 11 is 6.33. The van der Waals surface area contributed by atoms with Crippen LogP contribution >= 0.6 is 11.6 Å². The van der Waals surface area contributed by atoms with Crippen molar-refractivity contribution in [3.8, 4) is 11.3 Å². The minimum absolute atomic E-state index is 0.227. The summed E-state index contributed by atoms with van der Waals surface area (Å²) < 4.78 is 38.2. The molecule has 0 saturated carbocycles. The average Bonchev–Trinajstić information content (AvgIpc) is 2.78. The van der Waals surface area contributed by atoms with Crippen molar-refractivity contribution in [2.45, 2.75) is 12.3 Å². The van der Waals surface area contributed by atoms with Crippen molar-refractivity contribution >= 4 is 34.0 Å². The van der Waals surface area contributed by atoms with Crippen molar-refractivity contribution < 1.29 is 23.4 Å². The van der Waals surface area contributed by atoms with E-state index in [1.807, 2.05) is 6.07 Å². The molecule has 0 saturated heterocycles. The molecule has 0 fully saturated rings. The third kappa shape index (κ3) is 4.50. The summed E-state index contributed by atoms with van der Waals surface area (Å²) in [4.78, 5) is 12.4. The van der Waals surface area contributed by atoms with Crippen LogP contribution in [0.3, 0.4) is 0 Å². The molecule has 1 aromatic carbocycles. The third-order valence-electron chi connectivity index (χ3n) is 4.80. The van der Waals surface area contributed by atoms with E-state index >= 15 is 0 Å². The molecule has 3 N–H and O–H groups in total. The molecule has 3 heterocycles. The minimum Gasteiger partial charge on any atom is -0.393 e. The Labute approximate surface area is 185 Å². The fourth-order valence-electron chi connectivity index (χ4n) is 3.13. The summed E-state index contributed by atoms with van der Waals surface area (Å²) in [5.41, 5.74) is 0.790. The summed E-state index contributed by atoms with van der Waals surface area (Å²) in [6.07, 6.45) is -1.75. The van der Waals surface area contributed by atoms with Crippen molar-refractivity contribution in [1.82, 2.24) is 15.0 Å². The molecule has 0 radical (unpaired) electrons. The zero-order valence-corrected chi connectivity index (χ0v) is 17.1.